The van der Waals surface area contributed by atoms with Gasteiger partial charge in [0.05, 0.1) is 12.2 Å². The van der Waals surface area contributed by atoms with E-state index in [1.165, 1.54) is 6.92 Å². The Morgan fingerprint density at radius 3 is 2.32 bits per heavy atom. The molecule has 0 bridgehead atoms. The van der Waals surface area contributed by atoms with E-state index in [-0.39, 0.29) is 32.1 Å². The molecule has 0 spiro atoms. The van der Waals surface area contributed by atoms with Gasteiger partial charge in [-0.05, 0) is 30.9 Å². The number of Topliss-reactive ketones (excluding diaryl/α,β-unsaturated/α-hetero) is 1. The molecular formula is C28H38O10. The molecule has 4 N–H and O–H groups in total. The molecule has 4 aliphatic carbocycles. The standard InChI is InChI=1S/C28H38O10/c1-14-10-19-26(35,23(14)34)12-17(13-29)11-18-22-25(4,5)28(22,38-16(3)30)24(15(2)27(18,19)36)37-21(33)9-7-6-8-20(31)32/h10-11,15,18-19,22,24,29,35-36H,6-9,12-13H2,1-5H3,(H,31,32)/t15-,18+,19-,22-,24-,26-,27-,28-/m1/s1. The predicted molar refractivity (Wildman–Crippen MR) is 132 cm³/mol. The lowest BCUT2D eigenvalue weighted by atomic mass is 9.59. The molecule has 8 atom stereocenters. The van der Waals surface area contributed by atoms with Crippen molar-refractivity contribution in [2.45, 2.75) is 89.6 Å². The van der Waals surface area contributed by atoms with Gasteiger partial charge in [0.25, 0.3) is 0 Å². The molecule has 0 aromatic heterocycles. The van der Waals surface area contributed by atoms with E-state index in [0.29, 0.717) is 11.1 Å². The van der Waals surface area contributed by atoms with Gasteiger partial charge < -0.3 is 29.9 Å². The van der Waals surface area contributed by atoms with E-state index in [2.05, 4.69) is 0 Å². The number of unbranched alkanes of at least 4 members (excludes halogenated alkanes) is 1. The largest absolute Gasteiger partial charge is 0.481 e. The third kappa shape index (κ3) is 3.86. The summed E-state index contributed by atoms with van der Waals surface area (Å²) in [5.41, 5.74) is -5.12. The average molecular weight is 535 g/mol. The normalized spacial score (nSPS) is 40.5. The Labute approximate surface area is 221 Å². The molecule has 38 heavy (non-hydrogen) atoms. The zero-order valence-corrected chi connectivity index (χ0v) is 22.5. The number of fused-ring (bicyclic) bond motifs is 5. The van der Waals surface area contributed by atoms with Crippen LogP contribution in [0.2, 0.25) is 0 Å². The molecular weight excluding hydrogens is 496 g/mol. The van der Waals surface area contributed by atoms with E-state index in [4.69, 9.17) is 14.6 Å². The first-order chi connectivity index (χ1) is 17.6. The van der Waals surface area contributed by atoms with Crippen molar-refractivity contribution in [3.05, 3.63) is 23.3 Å². The fourth-order valence-electron chi connectivity index (χ4n) is 7.81. The second-order valence-corrected chi connectivity index (χ2v) is 12.0. The summed E-state index contributed by atoms with van der Waals surface area (Å²) in [4.78, 5) is 49.3. The van der Waals surface area contributed by atoms with Gasteiger partial charge in [-0.2, -0.15) is 0 Å². The first-order valence-electron chi connectivity index (χ1n) is 13.2. The Morgan fingerprint density at radius 2 is 1.74 bits per heavy atom. The van der Waals surface area contributed by atoms with Crippen LogP contribution in [-0.2, 0) is 28.7 Å². The van der Waals surface area contributed by atoms with Gasteiger partial charge in [0.15, 0.2) is 11.4 Å². The van der Waals surface area contributed by atoms with Gasteiger partial charge in [-0.15, -0.1) is 0 Å². The molecule has 10 nitrogen and oxygen atoms in total. The van der Waals surface area contributed by atoms with Crippen molar-refractivity contribution >= 4 is 23.7 Å². The van der Waals surface area contributed by atoms with E-state index in [1.807, 2.05) is 13.8 Å². The van der Waals surface area contributed by atoms with Gasteiger partial charge in [0, 0.05) is 55.3 Å². The van der Waals surface area contributed by atoms with Crippen LogP contribution in [0.1, 0.15) is 66.7 Å². The topological polar surface area (TPSA) is 168 Å². The Kier molecular flexibility index (Phi) is 6.94. The maximum atomic E-state index is 13.1. The Balaban J connectivity index is 1.80. The average Bonchev–Trinajstić information content (AvgIpc) is 3.24. The Bertz CT molecular complexity index is 1120. The zero-order valence-electron chi connectivity index (χ0n) is 22.5. The number of hydrogen-bond acceptors (Lipinski definition) is 9. The van der Waals surface area contributed by atoms with Gasteiger partial charge in [0.2, 0.25) is 0 Å². The highest BCUT2D eigenvalue weighted by Gasteiger charge is 2.87. The van der Waals surface area contributed by atoms with Crippen LogP contribution in [0, 0.1) is 29.1 Å². The summed E-state index contributed by atoms with van der Waals surface area (Å²) in [5, 5.41) is 43.2. The number of carbonyl (C=O) groups excluding carboxylic acids is 3. The van der Waals surface area contributed by atoms with Crippen LogP contribution >= 0.6 is 0 Å². The number of ketones is 1. The highest BCUT2D eigenvalue weighted by atomic mass is 16.6. The van der Waals surface area contributed by atoms with Crippen molar-refractivity contribution < 1.29 is 49.1 Å². The molecule has 2 saturated carbocycles. The third-order valence-corrected chi connectivity index (χ3v) is 9.55. The molecule has 0 heterocycles. The molecule has 10 heteroatoms. The summed E-state index contributed by atoms with van der Waals surface area (Å²) >= 11 is 0. The molecule has 4 rings (SSSR count). The maximum Gasteiger partial charge on any atom is 0.306 e. The molecule has 0 unspecified atom stereocenters. The number of carboxylic acid groups (broad SMARTS) is 1. The summed E-state index contributed by atoms with van der Waals surface area (Å²) in [6.45, 7) is 7.79. The highest BCUT2D eigenvalue weighted by molar-refractivity contribution is 6.04. The number of rotatable bonds is 8. The minimum absolute atomic E-state index is 0.0565. The van der Waals surface area contributed by atoms with Gasteiger partial charge in [-0.1, -0.05) is 32.9 Å². The van der Waals surface area contributed by atoms with Gasteiger partial charge in [-0.3, -0.25) is 19.2 Å². The number of carboxylic acids is 1. The maximum absolute atomic E-state index is 13.1. The summed E-state index contributed by atoms with van der Waals surface area (Å²) in [7, 11) is 0. The summed E-state index contributed by atoms with van der Waals surface area (Å²) in [6, 6.07) is 0. The monoisotopic (exact) mass is 534 g/mol. The van der Waals surface area contributed by atoms with E-state index >= 15 is 0 Å². The van der Waals surface area contributed by atoms with Gasteiger partial charge in [0.1, 0.15) is 11.7 Å². The van der Waals surface area contributed by atoms with Gasteiger partial charge >= 0.3 is 17.9 Å². The Hall–Kier alpha value is -2.56. The molecule has 0 aliphatic heterocycles. The third-order valence-electron chi connectivity index (χ3n) is 9.55. The quantitative estimate of drug-likeness (QED) is 0.204. The van der Waals surface area contributed by atoms with Crippen molar-refractivity contribution in [2.75, 3.05) is 6.61 Å². The SMILES string of the molecule is CC(=O)O[C@@]12[C@H](OC(=O)CCCCC(=O)O)[C@@H](C)[C@@]3(O)[C@@H](C=C(CO)C[C@]4(O)C(=O)C(C)=C[C@@H]34)[C@@H]1C2(C)C. The van der Waals surface area contributed by atoms with E-state index in [0.717, 1.165) is 0 Å². The first kappa shape index (κ1) is 28.4. The number of ether oxygens (including phenoxy) is 2. The molecule has 2 fully saturated rings. The van der Waals surface area contributed by atoms with Crippen molar-refractivity contribution in [1.29, 1.82) is 0 Å². The molecule has 0 radical (unpaired) electrons. The fourth-order valence-corrected chi connectivity index (χ4v) is 7.81. The predicted octanol–water partition coefficient (Wildman–Crippen LogP) is 1.70. The van der Waals surface area contributed by atoms with Crippen molar-refractivity contribution in [2.24, 2.45) is 29.1 Å². The van der Waals surface area contributed by atoms with Crippen LogP contribution in [0.5, 0.6) is 0 Å². The number of aliphatic hydroxyl groups excluding tert-OH is 1. The highest BCUT2D eigenvalue weighted by Crippen LogP contribution is 2.77. The summed E-state index contributed by atoms with van der Waals surface area (Å²) < 4.78 is 11.9. The van der Waals surface area contributed by atoms with E-state index in [1.54, 1.807) is 26.0 Å². The molecule has 4 aliphatic rings. The first-order valence-corrected chi connectivity index (χ1v) is 13.2. The van der Waals surface area contributed by atoms with Crippen LogP contribution in [0.4, 0.5) is 0 Å². The lowest BCUT2D eigenvalue weighted by Gasteiger charge is -2.53. The molecule has 0 amide bonds. The van der Waals surface area contributed by atoms with Crippen LogP contribution in [0.15, 0.2) is 23.3 Å². The van der Waals surface area contributed by atoms with E-state index < -0.39 is 82.3 Å². The fraction of sp³-hybridized carbons (Fsp3) is 0.714. The zero-order chi connectivity index (χ0) is 28.4. The molecule has 0 aromatic carbocycles. The number of carbonyl (C=O) groups is 4. The second-order valence-electron chi connectivity index (χ2n) is 12.0. The molecule has 0 aromatic rings. The van der Waals surface area contributed by atoms with Crippen LogP contribution < -0.4 is 0 Å². The lowest BCUT2D eigenvalue weighted by molar-refractivity contribution is -0.228. The number of hydrogen-bond donors (Lipinski definition) is 4. The van der Waals surface area contributed by atoms with Crippen LogP contribution in [0.3, 0.4) is 0 Å². The van der Waals surface area contributed by atoms with Crippen molar-refractivity contribution in [3.8, 4) is 0 Å². The minimum atomic E-state index is -1.98. The second kappa shape index (κ2) is 9.27. The summed E-state index contributed by atoms with van der Waals surface area (Å²) in [5.74, 6) is -5.90. The molecule has 0 saturated heterocycles. The van der Waals surface area contributed by atoms with Crippen molar-refractivity contribution in [1.82, 2.24) is 0 Å². The number of aliphatic carboxylic acids is 1. The number of esters is 2. The van der Waals surface area contributed by atoms with Crippen LogP contribution in [0.25, 0.3) is 0 Å². The smallest absolute Gasteiger partial charge is 0.306 e. The lowest BCUT2D eigenvalue weighted by Crippen LogP contribution is -2.66. The minimum Gasteiger partial charge on any atom is -0.481 e. The van der Waals surface area contributed by atoms with Crippen LogP contribution in [-0.4, -0.2) is 73.6 Å². The van der Waals surface area contributed by atoms with Gasteiger partial charge in [-0.25, -0.2) is 0 Å². The summed E-state index contributed by atoms with van der Waals surface area (Å²) in [6.07, 6.45) is 2.44. The molecule has 210 valence electrons. The van der Waals surface area contributed by atoms with E-state index in [9.17, 15) is 34.5 Å². The Morgan fingerprint density at radius 1 is 1.11 bits per heavy atom. The number of aliphatic hydroxyl groups is 3. The van der Waals surface area contributed by atoms with Crippen molar-refractivity contribution in [3.63, 3.8) is 0 Å².